The Bertz CT molecular complexity index is 1180. The number of aromatic nitrogens is 3. The van der Waals surface area contributed by atoms with E-state index in [0.717, 1.165) is 24.4 Å². The van der Waals surface area contributed by atoms with Gasteiger partial charge in [0.05, 0.1) is 29.1 Å². The number of rotatable bonds is 3. The predicted molar refractivity (Wildman–Crippen MR) is 96.0 cm³/mol. The van der Waals surface area contributed by atoms with Crippen molar-refractivity contribution in [2.24, 2.45) is 0 Å². The van der Waals surface area contributed by atoms with Crippen molar-refractivity contribution in [3.63, 3.8) is 0 Å². The zero-order valence-electron chi connectivity index (χ0n) is 15.2. The van der Waals surface area contributed by atoms with E-state index in [-0.39, 0.29) is 16.8 Å². The zero-order valence-corrected chi connectivity index (χ0v) is 15.2. The van der Waals surface area contributed by atoms with Crippen LogP contribution < -0.4 is 5.32 Å². The molecule has 0 aliphatic heterocycles. The molecule has 0 bridgehead atoms. The van der Waals surface area contributed by atoms with Crippen molar-refractivity contribution in [1.29, 1.82) is 5.26 Å². The molecule has 1 aliphatic carbocycles. The lowest BCUT2D eigenvalue weighted by Gasteiger charge is -2.13. The van der Waals surface area contributed by atoms with Gasteiger partial charge in [-0.1, -0.05) is 0 Å². The van der Waals surface area contributed by atoms with Gasteiger partial charge in [-0.15, -0.1) is 0 Å². The Hall–Kier alpha value is -3.74. The second-order valence-corrected chi connectivity index (χ2v) is 6.78. The number of benzene rings is 1. The Labute approximate surface area is 167 Å². The average molecular weight is 415 g/mol. The van der Waals surface area contributed by atoms with Gasteiger partial charge in [-0.2, -0.15) is 23.5 Å². The number of halogens is 4. The number of nitriles is 1. The first-order valence-corrected chi connectivity index (χ1v) is 8.88. The molecule has 2 heterocycles. The third-order valence-corrected chi connectivity index (χ3v) is 4.76. The van der Waals surface area contributed by atoms with E-state index in [2.05, 4.69) is 15.4 Å². The number of carbonyl (C=O) groups is 1. The summed E-state index contributed by atoms with van der Waals surface area (Å²) in [7, 11) is 0. The molecule has 1 unspecified atom stereocenters. The largest absolute Gasteiger partial charge is 0.433 e. The molecule has 1 N–H and O–H groups in total. The summed E-state index contributed by atoms with van der Waals surface area (Å²) in [5.74, 6) is -1.25. The van der Waals surface area contributed by atoms with Gasteiger partial charge in [-0.3, -0.25) is 9.78 Å². The number of aryl methyl sites for hydroxylation is 1. The van der Waals surface area contributed by atoms with Crippen LogP contribution in [-0.2, 0) is 12.6 Å². The van der Waals surface area contributed by atoms with Gasteiger partial charge in [0.25, 0.3) is 5.91 Å². The van der Waals surface area contributed by atoms with Gasteiger partial charge in [0.2, 0.25) is 0 Å². The molecule has 152 valence electrons. The van der Waals surface area contributed by atoms with Crippen LogP contribution >= 0.6 is 0 Å². The minimum absolute atomic E-state index is 0.0105. The molecule has 0 spiro atoms. The molecule has 2 aromatic heterocycles. The number of hydrogen-bond acceptors (Lipinski definition) is 4. The van der Waals surface area contributed by atoms with E-state index in [4.69, 9.17) is 5.26 Å². The standard InChI is InChI=1S/C20H13F4N5O/c21-13-6-11(9-25)5-12(7-13)19(30)27-16-1-2-17-15(16)10-29(28-17)14-3-4-26-18(8-14)20(22,23)24/h3-8,10,16H,1-2H2,(H,27,30). The molecule has 0 fully saturated rings. The van der Waals surface area contributed by atoms with E-state index in [1.165, 1.54) is 16.8 Å². The molecule has 3 aromatic rings. The molecule has 0 saturated carbocycles. The van der Waals surface area contributed by atoms with E-state index in [9.17, 15) is 22.4 Å². The van der Waals surface area contributed by atoms with Crippen LogP contribution in [0.3, 0.4) is 0 Å². The number of amides is 1. The molecule has 0 saturated heterocycles. The van der Waals surface area contributed by atoms with Gasteiger partial charge < -0.3 is 5.32 Å². The molecular formula is C20H13F4N5O. The number of carbonyl (C=O) groups excluding carboxylic acids is 1. The van der Waals surface area contributed by atoms with Crippen molar-refractivity contribution >= 4 is 5.91 Å². The number of fused-ring (bicyclic) bond motifs is 1. The highest BCUT2D eigenvalue weighted by Crippen LogP contribution is 2.32. The Morgan fingerprint density at radius 2 is 2.07 bits per heavy atom. The molecule has 0 radical (unpaired) electrons. The van der Waals surface area contributed by atoms with E-state index in [1.54, 1.807) is 12.3 Å². The van der Waals surface area contributed by atoms with Gasteiger partial charge in [0.15, 0.2) is 0 Å². The average Bonchev–Trinajstić information content (AvgIpc) is 3.29. The van der Waals surface area contributed by atoms with Crippen LogP contribution in [0.4, 0.5) is 17.6 Å². The third kappa shape index (κ3) is 3.74. The predicted octanol–water partition coefficient (Wildman–Crippen LogP) is 3.71. The van der Waals surface area contributed by atoms with Crippen LogP contribution in [0.15, 0.2) is 42.7 Å². The van der Waals surface area contributed by atoms with E-state index < -0.39 is 29.6 Å². The molecule has 4 rings (SSSR count). The Balaban J connectivity index is 1.58. The van der Waals surface area contributed by atoms with Crippen molar-refractivity contribution in [3.8, 4) is 11.8 Å². The highest BCUT2D eigenvalue weighted by atomic mass is 19.4. The van der Waals surface area contributed by atoms with Crippen LogP contribution in [-0.4, -0.2) is 20.7 Å². The number of hydrogen-bond donors (Lipinski definition) is 1. The highest BCUT2D eigenvalue weighted by molar-refractivity contribution is 5.94. The summed E-state index contributed by atoms with van der Waals surface area (Å²) < 4.78 is 53.6. The first kappa shape index (κ1) is 19.6. The van der Waals surface area contributed by atoms with Crippen molar-refractivity contribution < 1.29 is 22.4 Å². The SMILES string of the molecule is N#Cc1cc(F)cc(C(=O)NC2CCc3nn(-c4ccnc(C(F)(F)F)c4)cc32)c1. The summed E-state index contributed by atoms with van der Waals surface area (Å²) in [5, 5.41) is 16.0. The molecule has 1 amide bonds. The maximum Gasteiger partial charge on any atom is 0.433 e. The van der Waals surface area contributed by atoms with Crippen LogP contribution in [0.2, 0.25) is 0 Å². The van der Waals surface area contributed by atoms with Gasteiger partial charge in [0.1, 0.15) is 11.5 Å². The molecule has 1 aliphatic rings. The summed E-state index contributed by atoms with van der Waals surface area (Å²) in [5.41, 5.74) is 0.531. The lowest BCUT2D eigenvalue weighted by atomic mass is 10.1. The maximum absolute atomic E-state index is 13.6. The first-order valence-electron chi connectivity index (χ1n) is 8.88. The first-order chi connectivity index (χ1) is 14.2. The fourth-order valence-corrected chi connectivity index (χ4v) is 3.37. The lowest BCUT2D eigenvalue weighted by Crippen LogP contribution is -2.27. The second-order valence-electron chi connectivity index (χ2n) is 6.78. The number of pyridine rings is 1. The molecule has 10 heteroatoms. The van der Waals surface area contributed by atoms with Gasteiger partial charge in [-0.25, -0.2) is 9.07 Å². The second kappa shape index (κ2) is 7.26. The number of nitrogens with one attached hydrogen (secondary N) is 1. The Morgan fingerprint density at radius 1 is 1.27 bits per heavy atom. The third-order valence-electron chi connectivity index (χ3n) is 4.76. The Kier molecular flexibility index (Phi) is 4.73. The smallest absolute Gasteiger partial charge is 0.345 e. The molecule has 6 nitrogen and oxygen atoms in total. The van der Waals surface area contributed by atoms with Crippen LogP contribution in [0, 0.1) is 17.1 Å². The monoisotopic (exact) mass is 415 g/mol. The fraction of sp³-hybridized carbons (Fsp3) is 0.200. The highest BCUT2D eigenvalue weighted by Gasteiger charge is 2.33. The summed E-state index contributed by atoms with van der Waals surface area (Å²) in [6.07, 6.45) is -0.877. The molecule has 1 atom stereocenters. The van der Waals surface area contributed by atoms with Crippen molar-refractivity contribution in [2.75, 3.05) is 0 Å². The summed E-state index contributed by atoms with van der Waals surface area (Å²) >= 11 is 0. The van der Waals surface area contributed by atoms with Crippen molar-refractivity contribution in [3.05, 3.63) is 76.6 Å². The van der Waals surface area contributed by atoms with E-state index in [0.29, 0.717) is 24.1 Å². The van der Waals surface area contributed by atoms with Gasteiger partial charge >= 0.3 is 6.18 Å². The van der Waals surface area contributed by atoms with Gasteiger partial charge in [0, 0.05) is 23.5 Å². The van der Waals surface area contributed by atoms with Crippen molar-refractivity contribution in [1.82, 2.24) is 20.1 Å². The Morgan fingerprint density at radius 3 is 2.80 bits per heavy atom. The molecule has 1 aromatic carbocycles. The van der Waals surface area contributed by atoms with E-state index >= 15 is 0 Å². The van der Waals surface area contributed by atoms with Crippen LogP contribution in [0.1, 0.15) is 45.3 Å². The normalized spacial score (nSPS) is 15.5. The quantitative estimate of drug-likeness (QED) is 0.661. The maximum atomic E-state index is 13.6. The topological polar surface area (TPSA) is 83.6 Å². The zero-order chi connectivity index (χ0) is 21.5. The minimum Gasteiger partial charge on any atom is -0.345 e. The summed E-state index contributed by atoms with van der Waals surface area (Å²) in [6.45, 7) is 0. The minimum atomic E-state index is -4.57. The summed E-state index contributed by atoms with van der Waals surface area (Å²) in [4.78, 5) is 15.8. The van der Waals surface area contributed by atoms with E-state index in [1.807, 2.05) is 0 Å². The van der Waals surface area contributed by atoms with Gasteiger partial charge in [-0.05, 0) is 43.2 Å². The fourth-order valence-electron chi connectivity index (χ4n) is 3.37. The van der Waals surface area contributed by atoms with Crippen LogP contribution in [0.25, 0.3) is 5.69 Å². The number of nitrogens with zero attached hydrogens (tertiary/aromatic N) is 4. The molecular weight excluding hydrogens is 402 g/mol. The lowest BCUT2D eigenvalue weighted by molar-refractivity contribution is -0.141. The molecule has 30 heavy (non-hydrogen) atoms. The van der Waals surface area contributed by atoms with Crippen molar-refractivity contribution in [2.45, 2.75) is 25.1 Å². The number of alkyl halides is 3. The summed E-state index contributed by atoms with van der Waals surface area (Å²) in [6, 6.07) is 7.00. The van der Waals surface area contributed by atoms with Crippen LogP contribution in [0.5, 0.6) is 0 Å².